The average Bonchev–Trinajstić information content (AvgIpc) is 3.01. The van der Waals surface area contributed by atoms with Crippen molar-refractivity contribution in [3.05, 3.63) is 76.1 Å². The fourth-order valence-electron chi connectivity index (χ4n) is 5.79. The van der Waals surface area contributed by atoms with Crippen LogP contribution in [0.2, 0.25) is 0 Å². The van der Waals surface area contributed by atoms with E-state index in [9.17, 15) is 14.9 Å². The third-order valence-corrected chi connectivity index (χ3v) is 8.06. The summed E-state index contributed by atoms with van der Waals surface area (Å²) in [7, 11) is 0. The smallest absolute Gasteiger partial charge is 0.410 e. The third-order valence-electron chi connectivity index (χ3n) is 8.06. The van der Waals surface area contributed by atoms with E-state index >= 15 is 0 Å². The quantitative estimate of drug-likeness (QED) is 0.168. The standard InChI is InChI=1S/C32H40N8O5/c1-32(2,3)45-31(41)39-17-15-38(16-18-39)23-12-10-22(11-13-23)37-30-27(29(34)35-20-36-30)28(33)21-9-14-26(25(19-21)40(42)43)44-24-7-5-4-6-8-24/h4-9,14,19-20,22-23,33H,10-13,15-18H2,1-3H3,(H3,34,35,36,37). The Morgan fingerprint density at radius 1 is 1.04 bits per heavy atom. The highest BCUT2D eigenvalue weighted by Gasteiger charge is 2.32. The van der Waals surface area contributed by atoms with Gasteiger partial charge in [-0.1, -0.05) is 18.2 Å². The summed E-state index contributed by atoms with van der Waals surface area (Å²) < 4.78 is 11.3. The first-order valence-corrected chi connectivity index (χ1v) is 15.2. The van der Waals surface area contributed by atoms with Crippen molar-refractivity contribution < 1.29 is 19.2 Å². The number of aromatic nitrogens is 2. The number of ether oxygens (including phenoxy) is 2. The first kappa shape index (κ1) is 31.6. The van der Waals surface area contributed by atoms with Crippen LogP contribution < -0.4 is 15.8 Å². The van der Waals surface area contributed by atoms with Crippen molar-refractivity contribution in [2.24, 2.45) is 0 Å². The van der Waals surface area contributed by atoms with Gasteiger partial charge in [-0.2, -0.15) is 0 Å². The Bertz CT molecular complexity index is 1530. The van der Waals surface area contributed by atoms with Crippen LogP contribution in [-0.2, 0) is 4.74 Å². The Kier molecular flexibility index (Phi) is 9.47. The molecule has 2 heterocycles. The normalized spacial score (nSPS) is 19.0. The summed E-state index contributed by atoms with van der Waals surface area (Å²) in [6.45, 7) is 8.55. The van der Waals surface area contributed by atoms with E-state index in [1.165, 1.54) is 18.5 Å². The van der Waals surface area contributed by atoms with E-state index in [-0.39, 0.29) is 35.1 Å². The van der Waals surface area contributed by atoms with Crippen molar-refractivity contribution in [2.45, 2.75) is 64.1 Å². The third kappa shape index (κ3) is 7.85. The average molecular weight is 617 g/mol. The minimum absolute atomic E-state index is 0.0264. The fourth-order valence-corrected chi connectivity index (χ4v) is 5.79. The van der Waals surface area contributed by atoms with Gasteiger partial charge in [0.1, 0.15) is 29.3 Å². The SMILES string of the molecule is CC(C)(C)OC(=O)N1CCN(C2CCC(Nc3ncnc(N)c3C(=N)c3ccc(Oc4ccccc4)c([N+](=O)[O-])c3)CC2)CC1. The molecule has 1 saturated carbocycles. The lowest BCUT2D eigenvalue weighted by molar-refractivity contribution is -0.385. The number of nitrogens with one attached hydrogen (secondary N) is 2. The number of benzene rings is 2. The summed E-state index contributed by atoms with van der Waals surface area (Å²) >= 11 is 0. The molecule has 1 aliphatic carbocycles. The Balaban J connectivity index is 1.22. The van der Waals surface area contributed by atoms with E-state index in [2.05, 4.69) is 20.2 Å². The molecule has 0 unspecified atom stereocenters. The summed E-state index contributed by atoms with van der Waals surface area (Å²) in [5.41, 5.74) is 6.03. The summed E-state index contributed by atoms with van der Waals surface area (Å²) in [6, 6.07) is 13.7. The number of piperazine rings is 1. The van der Waals surface area contributed by atoms with E-state index in [0.29, 0.717) is 41.8 Å². The Morgan fingerprint density at radius 3 is 2.38 bits per heavy atom. The molecule has 1 aliphatic heterocycles. The second kappa shape index (κ2) is 13.5. The molecule has 45 heavy (non-hydrogen) atoms. The summed E-state index contributed by atoms with van der Waals surface area (Å²) in [6.07, 6.45) is 4.84. The lowest BCUT2D eigenvalue weighted by atomic mass is 9.89. The number of hydrogen-bond donors (Lipinski definition) is 3. The molecule has 1 saturated heterocycles. The predicted octanol–water partition coefficient (Wildman–Crippen LogP) is 5.45. The molecule has 2 aromatic carbocycles. The molecule has 1 amide bonds. The van der Waals surface area contributed by atoms with Gasteiger partial charge in [0.2, 0.25) is 5.75 Å². The Morgan fingerprint density at radius 2 is 1.73 bits per heavy atom. The number of nitrogen functional groups attached to an aromatic ring is 1. The Hall–Kier alpha value is -4.78. The van der Waals surface area contributed by atoms with Crippen molar-refractivity contribution in [1.82, 2.24) is 19.8 Å². The van der Waals surface area contributed by atoms with Gasteiger partial charge in [-0.05, 0) is 70.7 Å². The zero-order chi connectivity index (χ0) is 32.1. The number of nitrogens with zero attached hydrogens (tertiary/aromatic N) is 5. The van der Waals surface area contributed by atoms with E-state index in [0.717, 1.165) is 38.8 Å². The molecule has 13 nitrogen and oxygen atoms in total. The van der Waals surface area contributed by atoms with Crippen molar-refractivity contribution in [3.63, 3.8) is 0 Å². The molecule has 0 radical (unpaired) electrons. The molecule has 2 fully saturated rings. The number of nitro benzene ring substituents is 1. The van der Waals surface area contributed by atoms with Crippen molar-refractivity contribution in [3.8, 4) is 11.5 Å². The monoisotopic (exact) mass is 616 g/mol. The van der Waals surface area contributed by atoms with Gasteiger partial charge in [0.25, 0.3) is 0 Å². The molecule has 4 N–H and O–H groups in total. The molecule has 0 atom stereocenters. The number of amides is 1. The molecule has 0 bridgehead atoms. The largest absolute Gasteiger partial charge is 0.450 e. The Labute approximate surface area is 262 Å². The molecule has 5 rings (SSSR count). The number of nitro groups is 1. The van der Waals surface area contributed by atoms with Crippen LogP contribution in [-0.4, -0.2) is 80.4 Å². The van der Waals surface area contributed by atoms with Crippen LogP contribution in [0.5, 0.6) is 11.5 Å². The van der Waals surface area contributed by atoms with Crippen molar-refractivity contribution >= 4 is 29.1 Å². The maximum Gasteiger partial charge on any atom is 0.410 e. The van der Waals surface area contributed by atoms with Crippen molar-refractivity contribution in [1.29, 1.82) is 5.41 Å². The van der Waals surface area contributed by atoms with E-state index in [4.69, 9.17) is 20.6 Å². The molecule has 0 spiro atoms. The number of anilines is 2. The molecule has 1 aromatic heterocycles. The molecule has 238 valence electrons. The summed E-state index contributed by atoms with van der Waals surface area (Å²) in [4.78, 5) is 36.6. The highest BCUT2D eigenvalue weighted by molar-refractivity contribution is 6.16. The lowest BCUT2D eigenvalue weighted by Crippen LogP contribution is -2.53. The second-order valence-corrected chi connectivity index (χ2v) is 12.4. The van der Waals surface area contributed by atoms with Crippen LogP contribution in [0.25, 0.3) is 0 Å². The summed E-state index contributed by atoms with van der Waals surface area (Å²) in [5, 5.41) is 24.3. The number of para-hydroxylation sites is 1. The maximum absolute atomic E-state index is 12.4. The highest BCUT2D eigenvalue weighted by Crippen LogP contribution is 2.34. The van der Waals surface area contributed by atoms with Crippen LogP contribution >= 0.6 is 0 Å². The van der Waals surface area contributed by atoms with E-state index in [1.54, 1.807) is 35.2 Å². The van der Waals surface area contributed by atoms with Gasteiger partial charge in [0, 0.05) is 49.9 Å². The van der Waals surface area contributed by atoms with E-state index in [1.807, 2.05) is 26.8 Å². The molecule has 13 heteroatoms. The predicted molar refractivity (Wildman–Crippen MR) is 171 cm³/mol. The van der Waals surface area contributed by atoms with Gasteiger partial charge in [-0.15, -0.1) is 0 Å². The number of carbonyl (C=O) groups excluding carboxylic acids is 1. The van der Waals surface area contributed by atoms with Crippen LogP contribution in [0, 0.1) is 15.5 Å². The number of hydrogen-bond acceptors (Lipinski definition) is 11. The first-order chi connectivity index (χ1) is 21.5. The van der Waals surface area contributed by atoms with Gasteiger partial charge in [-0.25, -0.2) is 14.8 Å². The van der Waals surface area contributed by atoms with Gasteiger partial charge in [0.15, 0.2) is 0 Å². The van der Waals surface area contributed by atoms with Crippen LogP contribution in [0.3, 0.4) is 0 Å². The fraction of sp³-hybridized carbons (Fsp3) is 0.438. The topological polar surface area (TPSA) is 173 Å². The zero-order valence-electron chi connectivity index (χ0n) is 25.9. The number of carbonyl (C=O) groups is 1. The van der Waals surface area contributed by atoms with E-state index < -0.39 is 10.5 Å². The first-order valence-electron chi connectivity index (χ1n) is 15.2. The van der Waals surface area contributed by atoms with Gasteiger partial charge >= 0.3 is 11.8 Å². The second-order valence-electron chi connectivity index (χ2n) is 12.4. The molecule has 3 aromatic rings. The lowest BCUT2D eigenvalue weighted by Gasteiger charge is -2.42. The van der Waals surface area contributed by atoms with Gasteiger partial charge < -0.3 is 25.4 Å². The molecule has 2 aliphatic rings. The number of rotatable bonds is 8. The van der Waals surface area contributed by atoms with Crippen LogP contribution in [0.15, 0.2) is 54.9 Å². The van der Waals surface area contributed by atoms with Crippen molar-refractivity contribution in [2.75, 3.05) is 37.2 Å². The maximum atomic E-state index is 12.4. The highest BCUT2D eigenvalue weighted by atomic mass is 16.6. The summed E-state index contributed by atoms with van der Waals surface area (Å²) in [5.74, 6) is 1.07. The molecular formula is C32H40N8O5. The van der Waals surface area contributed by atoms with Crippen LogP contribution in [0.4, 0.5) is 22.1 Å². The van der Waals surface area contributed by atoms with Crippen LogP contribution in [0.1, 0.15) is 57.6 Å². The zero-order valence-corrected chi connectivity index (χ0v) is 25.9. The van der Waals surface area contributed by atoms with Gasteiger partial charge in [-0.3, -0.25) is 20.4 Å². The molecular weight excluding hydrogens is 576 g/mol. The van der Waals surface area contributed by atoms with Gasteiger partial charge in [0.05, 0.1) is 16.2 Å². The number of nitrogens with two attached hydrogens (primary N) is 1. The minimum Gasteiger partial charge on any atom is -0.450 e. The minimum atomic E-state index is -0.533.